The van der Waals surface area contributed by atoms with Crippen LogP contribution >= 0.6 is 0 Å². The number of ether oxygens (including phenoxy) is 4. The summed E-state index contributed by atoms with van der Waals surface area (Å²) in [5, 5.41) is 3.68. The third kappa shape index (κ3) is 3.93. The van der Waals surface area contributed by atoms with Crippen molar-refractivity contribution in [1.82, 2.24) is 0 Å². The average molecular weight is 395 g/mol. The summed E-state index contributed by atoms with van der Waals surface area (Å²) >= 11 is 0. The van der Waals surface area contributed by atoms with Crippen molar-refractivity contribution >= 4 is 11.9 Å². The van der Waals surface area contributed by atoms with E-state index in [1.165, 1.54) is 0 Å². The Morgan fingerprint density at radius 3 is 2.03 bits per heavy atom. The maximum absolute atomic E-state index is 12.6. The molecular formula is C20H17N3O6. The van der Waals surface area contributed by atoms with Gasteiger partial charge >= 0.3 is 11.9 Å². The van der Waals surface area contributed by atoms with Crippen molar-refractivity contribution in [3.63, 3.8) is 0 Å². The van der Waals surface area contributed by atoms with Gasteiger partial charge in [-0.3, -0.25) is 0 Å². The van der Waals surface area contributed by atoms with Crippen LogP contribution in [0.15, 0.2) is 65.8 Å². The zero-order valence-electron chi connectivity index (χ0n) is 15.2. The lowest BCUT2D eigenvalue weighted by Crippen LogP contribution is -2.56. The van der Waals surface area contributed by atoms with Gasteiger partial charge in [0.25, 0.3) is 0 Å². The van der Waals surface area contributed by atoms with Gasteiger partial charge in [0.1, 0.15) is 12.1 Å². The van der Waals surface area contributed by atoms with E-state index >= 15 is 0 Å². The van der Waals surface area contributed by atoms with E-state index in [2.05, 4.69) is 10.0 Å². The lowest BCUT2D eigenvalue weighted by atomic mass is 9.98. The lowest BCUT2D eigenvalue weighted by Gasteiger charge is -2.37. The van der Waals surface area contributed by atoms with Crippen molar-refractivity contribution < 1.29 is 28.5 Å². The van der Waals surface area contributed by atoms with Gasteiger partial charge in [-0.15, -0.1) is 0 Å². The molecule has 0 unspecified atom stereocenters. The molecule has 2 fully saturated rings. The van der Waals surface area contributed by atoms with E-state index in [-0.39, 0.29) is 6.61 Å². The summed E-state index contributed by atoms with van der Waals surface area (Å²) in [6, 6.07) is 15.8. The second-order valence-electron chi connectivity index (χ2n) is 6.54. The third-order valence-corrected chi connectivity index (χ3v) is 4.73. The highest BCUT2D eigenvalue weighted by Gasteiger charge is 2.54. The summed E-state index contributed by atoms with van der Waals surface area (Å²) < 4.78 is 22.4. The van der Waals surface area contributed by atoms with Crippen LogP contribution in [0, 0.1) is 0 Å². The minimum Gasteiger partial charge on any atom is -0.454 e. The van der Waals surface area contributed by atoms with Gasteiger partial charge in [0.2, 0.25) is 0 Å². The van der Waals surface area contributed by atoms with Gasteiger partial charge in [-0.2, -0.15) is 0 Å². The fourth-order valence-corrected chi connectivity index (χ4v) is 3.34. The van der Waals surface area contributed by atoms with Crippen LogP contribution in [-0.2, 0) is 18.9 Å². The molecule has 0 saturated carbocycles. The average Bonchev–Trinajstić information content (AvgIpc) is 3.20. The Kier molecular flexibility index (Phi) is 5.44. The normalized spacial score (nSPS) is 27.5. The summed E-state index contributed by atoms with van der Waals surface area (Å²) in [4.78, 5) is 28.0. The van der Waals surface area contributed by atoms with Crippen molar-refractivity contribution in [1.29, 1.82) is 0 Å². The van der Waals surface area contributed by atoms with Gasteiger partial charge in [0.15, 0.2) is 18.5 Å². The second kappa shape index (κ2) is 8.32. The Morgan fingerprint density at radius 1 is 0.931 bits per heavy atom. The highest BCUT2D eigenvalue weighted by Crippen LogP contribution is 2.34. The first-order valence-corrected chi connectivity index (χ1v) is 9.00. The topological polar surface area (TPSA) is 120 Å². The number of fused-ring (bicyclic) bond motifs is 2. The zero-order chi connectivity index (χ0) is 20.2. The Balaban J connectivity index is 1.61. The number of hydrogen-bond donors (Lipinski definition) is 0. The molecule has 4 rings (SSSR count). The molecule has 5 atom stereocenters. The summed E-state index contributed by atoms with van der Waals surface area (Å²) in [5.41, 5.74) is 9.61. The standard InChI is InChI=1S/C20H17N3O6/c21-23-22-15-17(29-19(25)13-9-5-2-6-10-13)16(14-11-26-20(15)27-14)28-18(24)12-7-3-1-4-8-12/h1-10,14-17,20H,11H2/t14-,15-,16+,17+,20-/m0/s1. The fraction of sp³-hybridized carbons (Fsp3) is 0.300. The number of benzene rings is 2. The summed E-state index contributed by atoms with van der Waals surface area (Å²) in [6.07, 6.45) is -3.58. The number of carbonyl (C=O) groups excluding carboxylic acids is 2. The maximum Gasteiger partial charge on any atom is 0.338 e. The SMILES string of the molecule is [N-]=[N+]=N[C@@H]1[C@H]2OC[C@H](O2)[C@@H](OC(=O)c2ccccc2)[C@@H]1OC(=O)c1ccccc1. The number of azide groups is 1. The molecule has 0 amide bonds. The predicted octanol–water partition coefficient (Wildman–Crippen LogP) is 2.87. The molecule has 2 bridgehead atoms. The maximum atomic E-state index is 12.6. The molecule has 2 heterocycles. The van der Waals surface area contributed by atoms with Crippen LogP contribution in [0.3, 0.4) is 0 Å². The van der Waals surface area contributed by atoms with E-state index in [0.29, 0.717) is 11.1 Å². The smallest absolute Gasteiger partial charge is 0.338 e. The van der Waals surface area contributed by atoms with Gasteiger partial charge in [-0.05, 0) is 29.8 Å². The molecular weight excluding hydrogens is 378 g/mol. The molecule has 0 radical (unpaired) electrons. The van der Waals surface area contributed by atoms with E-state index in [4.69, 9.17) is 24.5 Å². The van der Waals surface area contributed by atoms with Crippen LogP contribution in [0.1, 0.15) is 20.7 Å². The first-order chi connectivity index (χ1) is 14.2. The van der Waals surface area contributed by atoms with Crippen molar-refractivity contribution in [2.24, 2.45) is 5.11 Å². The van der Waals surface area contributed by atoms with E-state index in [0.717, 1.165) is 0 Å². The molecule has 2 aliphatic rings. The minimum absolute atomic E-state index is 0.119. The van der Waals surface area contributed by atoms with E-state index in [1.54, 1.807) is 60.7 Å². The van der Waals surface area contributed by atoms with Crippen LogP contribution in [0.25, 0.3) is 10.4 Å². The summed E-state index contributed by atoms with van der Waals surface area (Å²) in [7, 11) is 0. The monoisotopic (exact) mass is 395 g/mol. The fourth-order valence-electron chi connectivity index (χ4n) is 3.34. The van der Waals surface area contributed by atoms with Crippen LogP contribution in [0.4, 0.5) is 0 Å². The number of nitrogens with zero attached hydrogens (tertiary/aromatic N) is 3. The third-order valence-electron chi connectivity index (χ3n) is 4.73. The van der Waals surface area contributed by atoms with Crippen LogP contribution in [-0.4, -0.2) is 49.2 Å². The first-order valence-electron chi connectivity index (χ1n) is 9.00. The molecule has 29 heavy (non-hydrogen) atoms. The Hall–Kier alpha value is -3.39. The van der Waals surface area contributed by atoms with Crippen molar-refractivity contribution in [3.05, 3.63) is 82.2 Å². The second-order valence-corrected chi connectivity index (χ2v) is 6.54. The van der Waals surface area contributed by atoms with E-state index in [1.807, 2.05) is 0 Å². The molecule has 9 heteroatoms. The molecule has 2 aliphatic heterocycles. The molecule has 9 nitrogen and oxygen atoms in total. The van der Waals surface area contributed by atoms with Crippen LogP contribution in [0.5, 0.6) is 0 Å². The highest BCUT2D eigenvalue weighted by molar-refractivity contribution is 5.90. The highest BCUT2D eigenvalue weighted by atomic mass is 16.7. The van der Waals surface area contributed by atoms with Crippen molar-refractivity contribution in [2.75, 3.05) is 6.61 Å². The molecule has 2 aromatic rings. The van der Waals surface area contributed by atoms with E-state index in [9.17, 15) is 9.59 Å². The minimum atomic E-state index is -1.06. The first kappa shape index (κ1) is 18.9. The van der Waals surface area contributed by atoms with Crippen molar-refractivity contribution in [2.45, 2.75) is 30.6 Å². The Bertz CT molecular complexity index is 932. The molecule has 0 aromatic heterocycles. The predicted molar refractivity (Wildman–Crippen MR) is 98.8 cm³/mol. The van der Waals surface area contributed by atoms with Gasteiger partial charge in [0, 0.05) is 4.91 Å². The molecule has 0 aliphatic carbocycles. The van der Waals surface area contributed by atoms with Crippen molar-refractivity contribution in [3.8, 4) is 0 Å². The van der Waals surface area contributed by atoms with Crippen LogP contribution < -0.4 is 0 Å². The lowest BCUT2D eigenvalue weighted by molar-refractivity contribution is -0.179. The summed E-state index contributed by atoms with van der Waals surface area (Å²) in [6.45, 7) is 0.119. The number of rotatable bonds is 5. The molecule has 0 spiro atoms. The molecule has 2 saturated heterocycles. The number of esters is 2. The Labute approximate surface area is 165 Å². The van der Waals surface area contributed by atoms with Gasteiger partial charge < -0.3 is 18.9 Å². The Morgan fingerprint density at radius 2 is 1.48 bits per heavy atom. The van der Waals surface area contributed by atoms with E-state index < -0.39 is 42.6 Å². The largest absolute Gasteiger partial charge is 0.454 e. The molecule has 2 aromatic carbocycles. The molecule has 0 N–H and O–H groups in total. The van der Waals surface area contributed by atoms with Gasteiger partial charge in [-0.25, -0.2) is 9.59 Å². The quantitative estimate of drug-likeness (QED) is 0.332. The zero-order valence-corrected chi connectivity index (χ0v) is 15.2. The number of carbonyl (C=O) groups is 2. The van der Waals surface area contributed by atoms with Gasteiger partial charge in [-0.1, -0.05) is 41.5 Å². The van der Waals surface area contributed by atoms with Crippen LogP contribution in [0.2, 0.25) is 0 Å². The van der Waals surface area contributed by atoms with Gasteiger partial charge in [0.05, 0.1) is 17.7 Å². The number of hydrogen-bond acceptors (Lipinski definition) is 7. The summed E-state index contributed by atoms with van der Waals surface area (Å²) in [5.74, 6) is -1.24. The molecule has 148 valence electrons.